The highest BCUT2D eigenvalue weighted by atomic mass is 16.2. The lowest BCUT2D eigenvalue weighted by Crippen LogP contribution is -2.38. The number of aryl methyl sites for hydroxylation is 2. The quantitative estimate of drug-likeness (QED) is 0.635. The molecular weight excluding hydrogens is 360 g/mol. The van der Waals surface area contributed by atoms with Crippen molar-refractivity contribution in [3.05, 3.63) is 91.8 Å². The van der Waals surface area contributed by atoms with Gasteiger partial charge in [0.15, 0.2) is 0 Å². The lowest BCUT2D eigenvalue weighted by Gasteiger charge is -2.10. The molecule has 142 valence electrons. The molecule has 4 N–H and O–H groups in total. The van der Waals surface area contributed by atoms with Gasteiger partial charge in [0.05, 0.1) is 5.69 Å². The van der Waals surface area contributed by atoms with E-state index in [9.17, 15) is 19.2 Å². The van der Waals surface area contributed by atoms with Crippen LogP contribution < -0.4 is 22.3 Å². The maximum atomic E-state index is 12.8. The number of hydrogen-bond donors (Lipinski definition) is 3. The highest BCUT2D eigenvalue weighted by molar-refractivity contribution is 6.04. The third-order valence-corrected chi connectivity index (χ3v) is 4.40. The van der Waals surface area contributed by atoms with Crippen LogP contribution in [0.1, 0.15) is 31.8 Å². The Morgan fingerprint density at radius 3 is 2.29 bits per heavy atom. The van der Waals surface area contributed by atoms with Crippen LogP contribution in [0.25, 0.3) is 5.69 Å². The van der Waals surface area contributed by atoms with Gasteiger partial charge in [-0.15, -0.1) is 0 Å². The Kier molecular flexibility index (Phi) is 4.95. The number of aromatic amines is 1. The van der Waals surface area contributed by atoms with Gasteiger partial charge in [0.1, 0.15) is 5.56 Å². The van der Waals surface area contributed by atoms with E-state index in [2.05, 4.69) is 10.3 Å². The highest BCUT2D eigenvalue weighted by Gasteiger charge is 2.16. The fourth-order valence-electron chi connectivity index (χ4n) is 2.65. The molecule has 0 radical (unpaired) electrons. The Balaban J connectivity index is 1.97. The lowest BCUT2D eigenvalue weighted by atomic mass is 10.1. The molecule has 0 aliphatic rings. The number of primary amides is 1. The predicted molar refractivity (Wildman–Crippen MR) is 105 cm³/mol. The van der Waals surface area contributed by atoms with Crippen molar-refractivity contribution in [3.63, 3.8) is 0 Å². The van der Waals surface area contributed by atoms with E-state index >= 15 is 0 Å². The summed E-state index contributed by atoms with van der Waals surface area (Å²) in [7, 11) is 0. The van der Waals surface area contributed by atoms with E-state index in [1.165, 1.54) is 24.3 Å². The van der Waals surface area contributed by atoms with Gasteiger partial charge in [-0.1, -0.05) is 6.07 Å². The first-order valence-electron chi connectivity index (χ1n) is 8.41. The minimum Gasteiger partial charge on any atom is -0.366 e. The Morgan fingerprint density at radius 1 is 1.00 bits per heavy atom. The number of anilines is 1. The van der Waals surface area contributed by atoms with Gasteiger partial charge in [0.25, 0.3) is 11.5 Å². The van der Waals surface area contributed by atoms with Crippen LogP contribution in [0.15, 0.2) is 58.3 Å². The number of nitrogens with two attached hydrogens (primary N) is 1. The van der Waals surface area contributed by atoms with Crippen LogP contribution in [0.3, 0.4) is 0 Å². The largest absolute Gasteiger partial charge is 0.366 e. The second kappa shape index (κ2) is 7.36. The Bertz CT molecular complexity index is 1190. The summed E-state index contributed by atoms with van der Waals surface area (Å²) in [6.45, 7) is 3.78. The van der Waals surface area contributed by atoms with Gasteiger partial charge in [0, 0.05) is 17.4 Å². The number of carbonyl (C=O) groups is 2. The normalized spacial score (nSPS) is 10.5. The topological polar surface area (TPSA) is 127 Å². The molecule has 8 nitrogen and oxygen atoms in total. The van der Waals surface area contributed by atoms with Crippen molar-refractivity contribution >= 4 is 17.5 Å². The van der Waals surface area contributed by atoms with E-state index < -0.39 is 23.1 Å². The minimum absolute atomic E-state index is 0.225. The van der Waals surface area contributed by atoms with Crippen molar-refractivity contribution in [3.8, 4) is 5.69 Å². The molecule has 0 aliphatic heterocycles. The highest BCUT2D eigenvalue weighted by Crippen LogP contribution is 2.12. The molecule has 8 heteroatoms. The molecule has 2 amide bonds. The van der Waals surface area contributed by atoms with Crippen LogP contribution >= 0.6 is 0 Å². The number of hydrogen-bond acceptors (Lipinski definition) is 4. The van der Waals surface area contributed by atoms with Crippen molar-refractivity contribution in [1.82, 2.24) is 9.55 Å². The molecule has 0 saturated carbocycles. The molecule has 0 bridgehead atoms. The number of rotatable bonds is 4. The number of aromatic nitrogens is 2. The second-order valence-electron chi connectivity index (χ2n) is 6.31. The van der Waals surface area contributed by atoms with Crippen LogP contribution in [-0.4, -0.2) is 21.4 Å². The molecule has 0 aliphatic carbocycles. The van der Waals surface area contributed by atoms with Crippen LogP contribution in [0.2, 0.25) is 0 Å². The number of benzene rings is 2. The molecular formula is C20H18N4O4. The zero-order valence-electron chi connectivity index (χ0n) is 15.3. The van der Waals surface area contributed by atoms with E-state index in [1.54, 1.807) is 18.2 Å². The SMILES string of the molecule is Cc1ccc(-n2c(=O)[nH]cc(C(=O)Nc3ccc(C(N)=O)cc3)c2=O)cc1C. The smallest absolute Gasteiger partial charge is 0.333 e. The second-order valence-corrected chi connectivity index (χ2v) is 6.31. The van der Waals surface area contributed by atoms with Gasteiger partial charge < -0.3 is 16.0 Å². The molecule has 28 heavy (non-hydrogen) atoms. The lowest BCUT2D eigenvalue weighted by molar-refractivity contribution is 0.0998. The summed E-state index contributed by atoms with van der Waals surface area (Å²) in [5.74, 6) is -1.28. The van der Waals surface area contributed by atoms with Crippen molar-refractivity contribution in [2.24, 2.45) is 5.73 Å². The van der Waals surface area contributed by atoms with Crippen molar-refractivity contribution < 1.29 is 9.59 Å². The van der Waals surface area contributed by atoms with Gasteiger partial charge in [-0.2, -0.15) is 0 Å². The minimum atomic E-state index is -0.738. The first kappa shape index (κ1) is 18.8. The molecule has 2 aromatic carbocycles. The number of amides is 2. The number of carbonyl (C=O) groups excluding carboxylic acids is 2. The van der Waals surface area contributed by atoms with Crippen LogP contribution in [0.4, 0.5) is 5.69 Å². The Hall–Kier alpha value is -3.94. The standard InChI is InChI=1S/C20H18N4O4/c1-11-3-8-15(9-12(11)2)24-19(27)16(10-22-20(24)28)18(26)23-14-6-4-13(5-7-14)17(21)25/h3-10H,1-2H3,(H2,21,25)(H,22,28)(H,23,26). The molecule has 0 fully saturated rings. The average Bonchev–Trinajstić information content (AvgIpc) is 2.65. The molecule has 3 aromatic rings. The van der Waals surface area contributed by atoms with Gasteiger partial charge in [-0.25, -0.2) is 9.36 Å². The number of nitrogens with one attached hydrogen (secondary N) is 2. The summed E-state index contributed by atoms with van der Waals surface area (Å²) < 4.78 is 0.914. The van der Waals surface area contributed by atoms with E-state index in [1.807, 2.05) is 13.8 Å². The van der Waals surface area contributed by atoms with Crippen molar-refractivity contribution in [2.45, 2.75) is 13.8 Å². The van der Waals surface area contributed by atoms with Crippen LogP contribution in [0.5, 0.6) is 0 Å². The summed E-state index contributed by atoms with van der Waals surface area (Å²) in [5, 5.41) is 2.56. The number of H-pyrrole nitrogens is 1. The zero-order chi connectivity index (χ0) is 20.4. The molecule has 1 aromatic heterocycles. The summed E-state index contributed by atoms with van der Waals surface area (Å²) in [5.41, 5.74) is 6.53. The summed E-state index contributed by atoms with van der Waals surface area (Å²) in [6, 6.07) is 11.0. The Labute approximate surface area is 159 Å². The van der Waals surface area contributed by atoms with E-state index in [0.717, 1.165) is 21.9 Å². The molecule has 3 rings (SSSR count). The maximum absolute atomic E-state index is 12.8. The van der Waals surface area contributed by atoms with E-state index in [0.29, 0.717) is 16.9 Å². The van der Waals surface area contributed by atoms with Crippen molar-refractivity contribution in [2.75, 3.05) is 5.32 Å². The number of nitrogens with zero attached hydrogens (tertiary/aromatic N) is 1. The van der Waals surface area contributed by atoms with Gasteiger partial charge in [-0.05, 0) is 61.4 Å². The predicted octanol–water partition coefficient (Wildman–Crippen LogP) is 1.49. The molecule has 0 saturated heterocycles. The monoisotopic (exact) mass is 378 g/mol. The Morgan fingerprint density at radius 2 is 1.68 bits per heavy atom. The van der Waals surface area contributed by atoms with E-state index in [4.69, 9.17) is 5.73 Å². The van der Waals surface area contributed by atoms with Gasteiger partial charge in [-0.3, -0.25) is 14.4 Å². The summed E-state index contributed by atoms with van der Waals surface area (Å²) in [4.78, 5) is 51.0. The fraction of sp³-hybridized carbons (Fsp3) is 0.100. The molecule has 0 unspecified atom stereocenters. The average molecular weight is 378 g/mol. The first-order chi connectivity index (χ1) is 13.3. The molecule has 0 spiro atoms. The van der Waals surface area contributed by atoms with Crippen LogP contribution in [0, 0.1) is 13.8 Å². The molecule has 0 atom stereocenters. The maximum Gasteiger partial charge on any atom is 0.333 e. The fourth-order valence-corrected chi connectivity index (χ4v) is 2.65. The first-order valence-corrected chi connectivity index (χ1v) is 8.41. The van der Waals surface area contributed by atoms with Crippen LogP contribution in [-0.2, 0) is 0 Å². The molecule has 1 heterocycles. The van der Waals surface area contributed by atoms with Gasteiger partial charge >= 0.3 is 5.69 Å². The summed E-state index contributed by atoms with van der Waals surface area (Å²) >= 11 is 0. The third kappa shape index (κ3) is 3.61. The van der Waals surface area contributed by atoms with Gasteiger partial charge in [0.2, 0.25) is 5.91 Å². The third-order valence-electron chi connectivity index (χ3n) is 4.40. The van der Waals surface area contributed by atoms with Crippen molar-refractivity contribution in [1.29, 1.82) is 0 Å². The zero-order valence-corrected chi connectivity index (χ0v) is 15.3. The summed E-state index contributed by atoms with van der Waals surface area (Å²) in [6.07, 6.45) is 1.08. The van der Waals surface area contributed by atoms with E-state index in [-0.39, 0.29) is 5.56 Å².